The Morgan fingerprint density at radius 3 is 2.62 bits per heavy atom. The maximum Gasteiger partial charge on any atom is 0.275 e. The van der Waals surface area contributed by atoms with E-state index >= 15 is 0 Å². The minimum Gasteiger partial charge on any atom is -0.399 e. The van der Waals surface area contributed by atoms with E-state index in [1.807, 2.05) is 7.05 Å². The zero-order valence-electron chi connectivity index (χ0n) is 8.84. The molecule has 1 amide bonds. The van der Waals surface area contributed by atoms with Crippen LogP contribution in [0.3, 0.4) is 0 Å². The molecular weight excluding hydrogens is 204 g/mol. The molecule has 2 aromatic rings. The molecule has 0 saturated heterocycles. The third-order valence-electron chi connectivity index (χ3n) is 2.11. The Labute approximate surface area is 92.9 Å². The van der Waals surface area contributed by atoms with Crippen LogP contribution in [0, 0.1) is 0 Å². The molecule has 1 aromatic carbocycles. The van der Waals surface area contributed by atoms with Crippen molar-refractivity contribution < 1.29 is 4.79 Å². The molecule has 0 unspecified atom stereocenters. The number of nitrogens with zero attached hydrogens (tertiary/aromatic N) is 2. The quantitative estimate of drug-likeness (QED) is 0.742. The first kappa shape index (κ1) is 10.2. The summed E-state index contributed by atoms with van der Waals surface area (Å²) >= 11 is 0. The summed E-state index contributed by atoms with van der Waals surface area (Å²) in [5.74, 6) is -0.231. The van der Waals surface area contributed by atoms with Gasteiger partial charge >= 0.3 is 0 Å². The van der Waals surface area contributed by atoms with E-state index in [2.05, 4.69) is 10.3 Å². The van der Waals surface area contributed by atoms with E-state index in [-0.39, 0.29) is 5.91 Å². The highest BCUT2D eigenvalue weighted by atomic mass is 16.1. The van der Waals surface area contributed by atoms with E-state index < -0.39 is 0 Å². The zero-order chi connectivity index (χ0) is 11.5. The van der Waals surface area contributed by atoms with Gasteiger partial charge in [-0.3, -0.25) is 4.79 Å². The number of imidazole rings is 1. The smallest absolute Gasteiger partial charge is 0.275 e. The fourth-order valence-corrected chi connectivity index (χ4v) is 1.29. The number of aromatic nitrogens is 2. The number of nitrogens with two attached hydrogens (primary N) is 1. The van der Waals surface area contributed by atoms with E-state index in [0.29, 0.717) is 17.1 Å². The molecule has 0 spiro atoms. The summed E-state index contributed by atoms with van der Waals surface area (Å²) in [6, 6.07) is 6.95. The lowest BCUT2D eigenvalue weighted by Gasteiger charge is -2.02. The molecule has 2 rings (SSSR count). The van der Waals surface area contributed by atoms with Crippen molar-refractivity contribution in [1.29, 1.82) is 0 Å². The fraction of sp³-hybridized carbons (Fsp3) is 0.0909. The lowest BCUT2D eigenvalue weighted by Crippen LogP contribution is -2.12. The van der Waals surface area contributed by atoms with Gasteiger partial charge in [0.25, 0.3) is 5.91 Å². The van der Waals surface area contributed by atoms with Crippen molar-refractivity contribution in [1.82, 2.24) is 9.55 Å². The van der Waals surface area contributed by atoms with Crippen LogP contribution < -0.4 is 11.1 Å². The number of benzene rings is 1. The summed E-state index contributed by atoms with van der Waals surface area (Å²) in [5, 5.41) is 2.73. The second-order valence-electron chi connectivity index (χ2n) is 3.50. The second-order valence-corrected chi connectivity index (χ2v) is 3.50. The number of aryl methyl sites for hydroxylation is 1. The van der Waals surface area contributed by atoms with E-state index in [9.17, 15) is 4.79 Å². The average molecular weight is 216 g/mol. The molecule has 82 valence electrons. The highest BCUT2D eigenvalue weighted by Gasteiger charge is 2.08. The molecule has 5 heteroatoms. The monoisotopic (exact) mass is 216 g/mol. The summed E-state index contributed by atoms with van der Waals surface area (Å²) in [6.07, 6.45) is 3.24. The van der Waals surface area contributed by atoms with E-state index in [4.69, 9.17) is 5.73 Å². The third-order valence-corrected chi connectivity index (χ3v) is 2.11. The molecule has 16 heavy (non-hydrogen) atoms. The summed E-state index contributed by atoms with van der Waals surface area (Å²) in [7, 11) is 1.81. The van der Waals surface area contributed by atoms with Gasteiger partial charge in [-0.15, -0.1) is 0 Å². The van der Waals surface area contributed by atoms with Gasteiger partial charge in [-0.05, 0) is 24.3 Å². The Hall–Kier alpha value is -2.30. The third kappa shape index (κ3) is 2.20. The molecule has 0 radical (unpaired) electrons. The van der Waals surface area contributed by atoms with Crippen molar-refractivity contribution in [3.63, 3.8) is 0 Å². The van der Waals surface area contributed by atoms with Gasteiger partial charge in [0.2, 0.25) is 0 Å². The molecule has 0 aliphatic carbocycles. The first-order valence-corrected chi connectivity index (χ1v) is 4.80. The summed E-state index contributed by atoms with van der Waals surface area (Å²) < 4.78 is 1.72. The number of anilines is 2. The zero-order valence-corrected chi connectivity index (χ0v) is 8.84. The molecule has 3 N–H and O–H groups in total. The van der Waals surface area contributed by atoms with Crippen LogP contribution in [0.25, 0.3) is 0 Å². The largest absolute Gasteiger partial charge is 0.399 e. The standard InChI is InChI=1S/C11H12N4O/c1-15-6-10(13-7-15)11(16)14-9-4-2-8(12)3-5-9/h2-7H,12H2,1H3,(H,14,16). The van der Waals surface area contributed by atoms with Crippen LogP contribution in [-0.2, 0) is 7.05 Å². The maximum atomic E-state index is 11.7. The van der Waals surface area contributed by atoms with Crippen LogP contribution in [0.5, 0.6) is 0 Å². The molecule has 0 saturated carbocycles. The average Bonchev–Trinajstić information content (AvgIpc) is 2.68. The van der Waals surface area contributed by atoms with Gasteiger partial charge < -0.3 is 15.6 Å². The van der Waals surface area contributed by atoms with Crippen LogP contribution in [0.4, 0.5) is 11.4 Å². The predicted octanol–water partition coefficient (Wildman–Crippen LogP) is 1.25. The van der Waals surface area contributed by atoms with Crippen molar-refractivity contribution in [3.05, 3.63) is 42.5 Å². The lowest BCUT2D eigenvalue weighted by atomic mass is 10.3. The molecule has 0 bridgehead atoms. The van der Waals surface area contributed by atoms with Gasteiger partial charge in [0.1, 0.15) is 5.69 Å². The van der Waals surface area contributed by atoms with Crippen LogP contribution >= 0.6 is 0 Å². The summed E-state index contributed by atoms with van der Waals surface area (Å²) in [5.41, 5.74) is 7.29. The van der Waals surface area contributed by atoms with Gasteiger partial charge in [0.05, 0.1) is 6.33 Å². The second kappa shape index (κ2) is 4.06. The molecule has 0 atom stereocenters. The van der Waals surface area contributed by atoms with Crippen LogP contribution in [0.15, 0.2) is 36.8 Å². The highest BCUT2D eigenvalue weighted by molar-refractivity contribution is 6.02. The van der Waals surface area contributed by atoms with Gasteiger partial charge in [0, 0.05) is 24.6 Å². The number of hydrogen-bond acceptors (Lipinski definition) is 3. The fourth-order valence-electron chi connectivity index (χ4n) is 1.29. The van der Waals surface area contributed by atoms with Crippen molar-refractivity contribution in [2.24, 2.45) is 7.05 Å². The van der Waals surface area contributed by atoms with E-state index in [1.54, 1.807) is 41.4 Å². The molecule has 0 fully saturated rings. The predicted molar refractivity (Wildman–Crippen MR) is 62.0 cm³/mol. The highest BCUT2D eigenvalue weighted by Crippen LogP contribution is 2.11. The first-order chi connectivity index (χ1) is 7.65. The van der Waals surface area contributed by atoms with Crippen molar-refractivity contribution in [2.45, 2.75) is 0 Å². The number of rotatable bonds is 2. The normalized spacial score (nSPS) is 10.1. The molecule has 1 heterocycles. The van der Waals surface area contributed by atoms with Crippen molar-refractivity contribution >= 4 is 17.3 Å². The Kier molecular flexibility index (Phi) is 2.59. The summed E-state index contributed by atoms with van der Waals surface area (Å²) in [4.78, 5) is 15.6. The Morgan fingerprint density at radius 2 is 2.06 bits per heavy atom. The molecule has 1 aromatic heterocycles. The Balaban J connectivity index is 2.10. The summed E-state index contributed by atoms with van der Waals surface area (Å²) in [6.45, 7) is 0. The number of nitrogen functional groups attached to an aromatic ring is 1. The van der Waals surface area contributed by atoms with Crippen LogP contribution in [-0.4, -0.2) is 15.5 Å². The van der Waals surface area contributed by atoms with Gasteiger partial charge in [-0.2, -0.15) is 0 Å². The topological polar surface area (TPSA) is 72.9 Å². The molecular formula is C11H12N4O. The number of carbonyl (C=O) groups excluding carboxylic acids is 1. The Morgan fingerprint density at radius 1 is 1.38 bits per heavy atom. The molecule has 0 aliphatic heterocycles. The van der Waals surface area contributed by atoms with Gasteiger partial charge in [-0.1, -0.05) is 0 Å². The van der Waals surface area contributed by atoms with Crippen molar-refractivity contribution in [3.8, 4) is 0 Å². The van der Waals surface area contributed by atoms with Crippen molar-refractivity contribution in [2.75, 3.05) is 11.1 Å². The first-order valence-electron chi connectivity index (χ1n) is 4.80. The SMILES string of the molecule is Cn1cnc(C(=O)Nc2ccc(N)cc2)c1. The van der Waals surface area contributed by atoms with E-state index in [1.165, 1.54) is 0 Å². The minimum atomic E-state index is -0.231. The number of hydrogen-bond donors (Lipinski definition) is 2. The lowest BCUT2D eigenvalue weighted by molar-refractivity contribution is 0.102. The molecule has 0 aliphatic rings. The molecule has 5 nitrogen and oxygen atoms in total. The number of nitrogens with one attached hydrogen (secondary N) is 1. The number of amides is 1. The van der Waals surface area contributed by atoms with Gasteiger partial charge in [0.15, 0.2) is 0 Å². The van der Waals surface area contributed by atoms with Crippen LogP contribution in [0.2, 0.25) is 0 Å². The Bertz CT molecular complexity index is 501. The number of carbonyl (C=O) groups is 1. The van der Waals surface area contributed by atoms with Gasteiger partial charge in [-0.25, -0.2) is 4.98 Å². The van der Waals surface area contributed by atoms with Crippen LogP contribution in [0.1, 0.15) is 10.5 Å². The maximum absolute atomic E-state index is 11.7. The minimum absolute atomic E-state index is 0.231. The van der Waals surface area contributed by atoms with E-state index in [0.717, 1.165) is 0 Å².